The molecule has 90 valence electrons. The molecule has 0 amide bonds. The first-order valence-electron chi connectivity index (χ1n) is 6.05. The van der Waals surface area contributed by atoms with Crippen LogP contribution in [-0.2, 0) is 0 Å². The van der Waals surface area contributed by atoms with Gasteiger partial charge in [0.05, 0.1) is 11.3 Å². The summed E-state index contributed by atoms with van der Waals surface area (Å²) in [6.07, 6.45) is 5.87. The fourth-order valence-electron chi connectivity index (χ4n) is 2.08. The molecule has 3 heteroatoms. The molecule has 2 nitrogen and oxygen atoms in total. The van der Waals surface area contributed by atoms with Gasteiger partial charge in [0, 0.05) is 11.4 Å². The molecule has 0 saturated heterocycles. The number of thioether (sulfide) groups is 1. The maximum Gasteiger partial charge on any atom is 0.102 e. The van der Waals surface area contributed by atoms with Crippen LogP contribution in [0.4, 0.5) is 5.69 Å². The van der Waals surface area contributed by atoms with Gasteiger partial charge in [0.25, 0.3) is 0 Å². The molecule has 0 unspecified atom stereocenters. The van der Waals surface area contributed by atoms with Gasteiger partial charge in [-0.1, -0.05) is 13.0 Å². The first-order chi connectivity index (χ1) is 8.24. The van der Waals surface area contributed by atoms with E-state index in [9.17, 15) is 5.26 Å². The van der Waals surface area contributed by atoms with E-state index in [1.807, 2.05) is 24.5 Å². The SMILES string of the molecule is CCC1(CNc2cccc(SC)c2C#N)CC1. The zero-order valence-corrected chi connectivity index (χ0v) is 11.2. The van der Waals surface area contributed by atoms with Gasteiger partial charge in [0.1, 0.15) is 6.07 Å². The minimum atomic E-state index is 0.502. The van der Waals surface area contributed by atoms with Crippen molar-refractivity contribution in [2.24, 2.45) is 5.41 Å². The fourth-order valence-corrected chi connectivity index (χ4v) is 2.65. The van der Waals surface area contributed by atoms with Crippen LogP contribution in [0.5, 0.6) is 0 Å². The zero-order chi connectivity index (χ0) is 12.3. The summed E-state index contributed by atoms with van der Waals surface area (Å²) in [6.45, 7) is 3.24. The Morgan fingerprint density at radius 1 is 1.47 bits per heavy atom. The second-order valence-corrected chi connectivity index (χ2v) is 5.55. The topological polar surface area (TPSA) is 35.8 Å². The van der Waals surface area contributed by atoms with Gasteiger partial charge in [-0.2, -0.15) is 5.26 Å². The van der Waals surface area contributed by atoms with Crippen LogP contribution < -0.4 is 5.32 Å². The Labute approximate surface area is 107 Å². The lowest BCUT2D eigenvalue weighted by Crippen LogP contribution is -2.15. The van der Waals surface area contributed by atoms with Crippen LogP contribution in [0.25, 0.3) is 0 Å². The van der Waals surface area contributed by atoms with Gasteiger partial charge in [-0.05, 0) is 43.1 Å². The van der Waals surface area contributed by atoms with E-state index < -0.39 is 0 Å². The summed E-state index contributed by atoms with van der Waals surface area (Å²) in [5.41, 5.74) is 2.27. The summed E-state index contributed by atoms with van der Waals surface area (Å²) < 4.78 is 0. The van der Waals surface area contributed by atoms with E-state index in [4.69, 9.17) is 0 Å². The molecule has 1 saturated carbocycles. The van der Waals surface area contributed by atoms with Crippen LogP contribution in [0.1, 0.15) is 31.7 Å². The molecule has 1 aliphatic rings. The molecule has 1 aliphatic carbocycles. The van der Waals surface area contributed by atoms with Crippen LogP contribution in [-0.4, -0.2) is 12.8 Å². The van der Waals surface area contributed by atoms with Crippen LogP contribution in [0.3, 0.4) is 0 Å². The molecule has 0 heterocycles. The van der Waals surface area contributed by atoms with Gasteiger partial charge >= 0.3 is 0 Å². The Morgan fingerprint density at radius 2 is 2.24 bits per heavy atom. The minimum absolute atomic E-state index is 0.502. The number of rotatable bonds is 5. The Bertz CT molecular complexity index is 444. The molecule has 0 bridgehead atoms. The molecular formula is C14H18N2S. The second-order valence-electron chi connectivity index (χ2n) is 4.70. The zero-order valence-electron chi connectivity index (χ0n) is 10.4. The molecular weight excluding hydrogens is 228 g/mol. The third-order valence-corrected chi connectivity index (χ3v) is 4.50. The number of nitrogens with zero attached hydrogens (tertiary/aromatic N) is 1. The Kier molecular flexibility index (Phi) is 3.63. The fraction of sp³-hybridized carbons (Fsp3) is 0.500. The van der Waals surface area contributed by atoms with Crippen molar-refractivity contribution in [2.75, 3.05) is 18.1 Å². The van der Waals surface area contributed by atoms with E-state index in [1.54, 1.807) is 11.8 Å². The van der Waals surface area contributed by atoms with Gasteiger partial charge in [0.15, 0.2) is 0 Å². The predicted molar refractivity (Wildman–Crippen MR) is 73.4 cm³/mol. The number of benzene rings is 1. The highest BCUT2D eigenvalue weighted by molar-refractivity contribution is 7.98. The number of hydrogen-bond acceptors (Lipinski definition) is 3. The standard InChI is InChI=1S/C14H18N2S/c1-3-14(7-8-14)10-16-12-5-4-6-13(17-2)11(12)9-15/h4-6,16H,3,7-8,10H2,1-2H3. The smallest absolute Gasteiger partial charge is 0.102 e. The lowest BCUT2D eigenvalue weighted by Gasteiger charge is -2.16. The van der Waals surface area contributed by atoms with Crippen molar-refractivity contribution >= 4 is 17.4 Å². The van der Waals surface area contributed by atoms with Crippen molar-refractivity contribution in [3.05, 3.63) is 23.8 Å². The molecule has 0 aliphatic heterocycles. The maximum absolute atomic E-state index is 9.23. The quantitative estimate of drug-likeness (QED) is 0.801. The second kappa shape index (κ2) is 5.01. The highest BCUT2D eigenvalue weighted by Gasteiger charge is 2.40. The molecule has 1 fully saturated rings. The molecule has 0 atom stereocenters. The van der Waals surface area contributed by atoms with E-state index in [1.165, 1.54) is 19.3 Å². The van der Waals surface area contributed by atoms with E-state index in [-0.39, 0.29) is 0 Å². The van der Waals surface area contributed by atoms with E-state index in [2.05, 4.69) is 18.3 Å². The van der Waals surface area contributed by atoms with Gasteiger partial charge in [0.2, 0.25) is 0 Å². The van der Waals surface area contributed by atoms with Crippen molar-refractivity contribution in [1.29, 1.82) is 5.26 Å². The van der Waals surface area contributed by atoms with E-state index in [0.29, 0.717) is 5.41 Å². The number of hydrogen-bond donors (Lipinski definition) is 1. The van der Waals surface area contributed by atoms with Crippen LogP contribution in [0.15, 0.2) is 23.1 Å². The highest BCUT2D eigenvalue weighted by atomic mass is 32.2. The first kappa shape index (κ1) is 12.3. The molecule has 1 aromatic rings. The van der Waals surface area contributed by atoms with Gasteiger partial charge < -0.3 is 5.32 Å². The molecule has 1 N–H and O–H groups in total. The summed E-state index contributed by atoms with van der Waals surface area (Å²) in [6, 6.07) is 8.33. The average Bonchev–Trinajstić information content (AvgIpc) is 3.16. The molecule has 1 aromatic carbocycles. The van der Waals surface area contributed by atoms with Crippen molar-refractivity contribution < 1.29 is 0 Å². The van der Waals surface area contributed by atoms with Crippen LogP contribution >= 0.6 is 11.8 Å². The van der Waals surface area contributed by atoms with Gasteiger partial charge in [-0.15, -0.1) is 11.8 Å². The molecule has 0 spiro atoms. The van der Waals surface area contributed by atoms with Gasteiger partial charge in [-0.3, -0.25) is 0 Å². The predicted octanol–water partition coefficient (Wildman–Crippen LogP) is 3.88. The summed E-state index contributed by atoms with van der Waals surface area (Å²) in [4.78, 5) is 1.05. The van der Waals surface area contributed by atoms with Gasteiger partial charge in [-0.25, -0.2) is 0 Å². The van der Waals surface area contributed by atoms with Crippen LogP contribution in [0, 0.1) is 16.7 Å². The van der Waals surface area contributed by atoms with E-state index >= 15 is 0 Å². The molecule has 17 heavy (non-hydrogen) atoms. The summed E-state index contributed by atoms with van der Waals surface area (Å²) in [5, 5.41) is 12.7. The van der Waals surface area contributed by atoms with Crippen LogP contribution in [0.2, 0.25) is 0 Å². The minimum Gasteiger partial charge on any atom is -0.383 e. The normalized spacial score (nSPS) is 16.3. The number of nitrogens with one attached hydrogen (secondary N) is 1. The third kappa shape index (κ3) is 2.58. The molecule has 2 rings (SSSR count). The van der Waals surface area contributed by atoms with Crippen molar-refractivity contribution in [2.45, 2.75) is 31.1 Å². The Morgan fingerprint density at radius 3 is 2.76 bits per heavy atom. The number of anilines is 1. The summed E-state index contributed by atoms with van der Waals surface area (Å²) in [7, 11) is 0. The molecule has 0 radical (unpaired) electrons. The lowest BCUT2D eigenvalue weighted by molar-refractivity contribution is 0.521. The monoisotopic (exact) mass is 246 g/mol. The lowest BCUT2D eigenvalue weighted by atomic mass is 10.0. The summed E-state index contributed by atoms with van der Waals surface area (Å²) >= 11 is 1.63. The van der Waals surface area contributed by atoms with Crippen molar-refractivity contribution in [1.82, 2.24) is 0 Å². The number of nitriles is 1. The first-order valence-corrected chi connectivity index (χ1v) is 7.28. The maximum atomic E-state index is 9.23. The Hall–Kier alpha value is -1.14. The highest BCUT2D eigenvalue weighted by Crippen LogP contribution is 2.48. The Balaban J connectivity index is 2.13. The third-order valence-electron chi connectivity index (χ3n) is 3.72. The largest absolute Gasteiger partial charge is 0.383 e. The summed E-state index contributed by atoms with van der Waals surface area (Å²) in [5.74, 6) is 0. The molecule has 0 aromatic heterocycles. The van der Waals surface area contributed by atoms with Crippen molar-refractivity contribution in [3.63, 3.8) is 0 Å². The van der Waals surface area contributed by atoms with Crippen molar-refractivity contribution in [3.8, 4) is 6.07 Å². The van der Waals surface area contributed by atoms with E-state index in [0.717, 1.165) is 22.7 Å². The average molecular weight is 246 g/mol.